The summed E-state index contributed by atoms with van der Waals surface area (Å²) >= 11 is 0. The number of carbonyl (C=O) groups is 1. The lowest BCUT2D eigenvalue weighted by molar-refractivity contribution is 0.0994. The van der Waals surface area contributed by atoms with Gasteiger partial charge in [-0.1, -0.05) is 78.4 Å². The third-order valence-corrected chi connectivity index (χ3v) is 7.79. The maximum absolute atomic E-state index is 14.6. The third-order valence-electron chi connectivity index (χ3n) is 7.79. The largest absolute Gasteiger partial charge is 0.497 e. The summed E-state index contributed by atoms with van der Waals surface area (Å²) in [5.74, 6) is 0.683. The summed E-state index contributed by atoms with van der Waals surface area (Å²) in [5.41, 5.74) is 8.48. The number of hydrogen-bond donors (Lipinski definition) is 0. The average molecular weight is 537 g/mol. The number of anilines is 1. The van der Waals surface area contributed by atoms with Crippen molar-refractivity contribution in [2.24, 2.45) is 0 Å². The number of aromatic nitrogens is 3. The van der Waals surface area contributed by atoms with Gasteiger partial charge in [0.2, 0.25) is 0 Å². The summed E-state index contributed by atoms with van der Waals surface area (Å²) < 4.78 is 7.35. The quantitative estimate of drug-likeness (QED) is 0.229. The molecule has 2 aromatic heterocycles. The van der Waals surface area contributed by atoms with E-state index in [1.54, 1.807) is 7.11 Å². The number of ether oxygens (including phenoxy) is 1. The van der Waals surface area contributed by atoms with Crippen molar-refractivity contribution in [1.29, 1.82) is 0 Å². The van der Waals surface area contributed by atoms with Crippen molar-refractivity contribution < 1.29 is 9.53 Å². The molecule has 0 radical (unpaired) electrons. The topological polar surface area (TPSA) is 60.3 Å². The number of rotatable bonds is 5. The Morgan fingerprint density at radius 2 is 1.41 bits per heavy atom. The van der Waals surface area contributed by atoms with Crippen molar-refractivity contribution in [2.45, 2.75) is 19.9 Å². The Labute approximate surface area is 238 Å². The van der Waals surface area contributed by atoms with Crippen molar-refractivity contribution in [2.75, 3.05) is 12.0 Å². The molecule has 4 aromatic carbocycles. The fourth-order valence-corrected chi connectivity index (χ4v) is 5.83. The first-order valence-corrected chi connectivity index (χ1v) is 13.6. The van der Waals surface area contributed by atoms with E-state index in [2.05, 4.69) is 0 Å². The average Bonchev–Trinajstić information content (AvgIpc) is 3.52. The van der Waals surface area contributed by atoms with Gasteiger partial charge >= 0.3 is 0 Å². The highest BCUT2D eigenvalue weighted by Crippen LogP contribution is 2.48. The Kier molecular flexibility index (Phi) is 5.89. The first-order chi connectivity index (χ1) is 20.0. The molecule has 3 heterocycles. The Morgan fingerprint density at radius 1 is 0.756 bits per heavy atom. The minimum Gasteiger partial charge on any atom is -0.497 e. The molecule has 7 rings (SSSR count). The van der Waals surface area contributed by atoms with E-state index < -0.39 is 0 Å². The maximum Gasteiger partial charge on any atom is 0.261 e. The van der Waals surface area contributed by atoms with E-state index in [4.69, 9.17) is 14.8 Å². The second kappa shape index (κ2) is 9.75. The molecule has 200 valence electrons. The van der Waals surface area contributed by atoms with Gasteiger partial charge in [-0.2, -0.15) is 5.10 Å². The van der Waals surface area contributed by atoms with Gasteiger partial charge in [-0.15, -0.1) is 0 Å². The summed E-state index contributed by atoms with van der Waals surface area (Å²) in [6.07, 6.45) is 0. The summed E-state index contributed by atoms with van der Waals surface area (Å²) in [5, 5.41) is 5.86. The fraction of sp³-hybridized carbons (Fsp3) is 0.114. The van der Waals surface area contributed by atoms with Crippen molar-refractivity contribution in [3.05, 3.63) is 137 Å². The minimum absolute atomic E-state index is 0.0789. The van der Waals surface area contributed by atoms with Crippen LogP contribution in [0.15, 0.2) is 109 Å². The maximum atomic E-state index is 14.6. The van der Waals surface area contributed by atoms with Crippen molar-refractivity contribution in [1.82, 2.24) is 14.8 Å². The molecule has 6 heteroatoms. The number of aryl methyl sites for hydroxylation is 2. The molecule has 0 aliphatic carbocycles. The zero-order chi connectivity index (χ0) is 28.1. The highest BCUT2D eigenvalue weighted by molar-refractivity contribution is 6.18. The number of fused-ring (bicyclic) bond motifs is 3. The molecule has 0 saturated heterocycles. The third kappa shape index (κ3) is 3.99. The number of carbonyl (C=O) groups excluding carboxylic acids is 1. The van der Waals surface area contributed by atoms with Crippen LogP contribution in [0, 0.1) is 13.8 Å². The van der Waals surface area contributed by atoms with E-state index in [9.17, 15) is 4.79 Å². The van der Waals surface area contributed by atoms with Crippen molar-refractivity contribution in [3.63, 3.8) is 0 Å². The smallest absolute Gasteiger partial charge is 0.261 e. The number of hydrogen-bond acceptors (Lipinski definition) is 4. The predicted molar refractivity (Wildman–Crippen MR) is 162 cm³/mol. The Morgan fingerprint density at radius 3 is 2.07 bits per heavy atom. The number of amides is 1. The number of benzene rings is 4. The summed E-state index contributed by atoms with van der Waals surface area (Å²) in [6.45, 7) is 4.05. The predicted octanol–water partition coefficient (Wildman–Crippen LogP) is 7.46. The van der Waals surface area contributed by atoms with Gasteiger partial charge in [-0.3, -0.25) is 9.69 Å². The van der Waals surface area contributed by atoms with Crippen molar-refractivity contribution >= 4 is 22.6 Å². The van der Waals surface area contributed by atoms with Crippen LogP contribution < -0.4 is 9.64 Å². The number of methoxy groups -OCH3 is 1. The Balaban J connectivity index is 1.59. The van der Waals surface area contributed by atoms with Crippen LogP contribution in [0.25, 0.3) is 28.0 Å². The number of para-hydroxylation sites is 1. The highest BCUT2D eigenvalue weighted by Gasteiger charge is 2.44. The van der Waals surface area contributed by atoms with Crippen LogP contribution in [0.4, 0.5) is 5.69 Å². The molecule has 0 fully saturated rings. The van der Waals surface area contributed by atoms with E-state index in [0.29, 0.717) is 11.3 Å². The molecule has 6 nitrogen and oxygen atoms in total. The normalized spacial score (nSPS) is 14.5. The fourth-order valence-electron chi connectivity index (χ4n) is 5.83. The van der Waals surface area contributed by atoms with E-state index in [1.165, 1.54) is 0 Å². The van der Waals surface area contributed by atoms with E-state index >= 15 is 0 Å². The zero-order valence-corrected chi connectivity index (χ0v) is 23.1. The van der Waals surface area contributed by atoms with Gasteiger partial charge in [0.1, 0.15) is 5.75 Å². The molecule has 1 aliphatic heterocycles. The SMILES string of the molecule is COc1ccc(C2c3c(c(-c4ccccc4)nc4c3c(C)nn4-c3ccccc3)C(=O)N2c2ccc(C)cc2)cc1. The van der Waals surface area contributed by atoms with Crippen LogP contribution >= 0.6 is 0 Å². The first-order valence-electron chi connectivity index (χ1n) is 13.6. The van der Waals surface area contributed by atoms with Gasteiger partial charge in [-0.05, 0) is 55.8 Å². The molecule has 0 spiro atoms. The van der Waals surface area contributed by atoms with Gasteiger partial charge in [-0.25, -0.2) is 9.67 Å². The molecule has 6 aromatic rings. The lowest BCUT2D eigenvalue weighted by Crippen LogP contribution is -2.28. The van der Waals surface area contributed by atoms with Crippen LogP contribution in [0.5, 0.6) is 5.75 Å². The van der Waals surface area contributed by atoms with Crippen LogP contribution in [-0.4, -0.2) is 27.8 Å². The molecule has 0 bridgehead atoms. The highest BCUT2D eigenvalue weighted by atomic mass is 16.5. The summed E-state index contributed by atoms with van der Waals surface area (Å²) in [7, 11) is 1.66. The van der Waals surface area contributed by atoms with Crippen LogP contribution in [-0.2, 0) is 0 Å². The monoisotopic (exact) mass is 536 g/mol. The van der Waals surface area contributed by atoms with E-state index in [1.807, 2.05) is 133 Å². The Hall–Kier alpha value is -5.23. The second-order valence-electron chi connectivity index (χ2n) is 10.3. The van der Waals surface area contributed by atoms with Crippen LogP contribution in [0.3, 0.4) is 0 Å². The summed E-state index contributed by atoms with van der Waals surface area (Å²) in [6, 6.07) is 35.7. The molecule has 0 saturated carbocycles. The lowest BCUT2D eigenvalue weighted by Gasteiger charge is -2.26. The molecule has 1 amide bonds. The van der Waals surface area contributed by atoms with Gasteiger partial charge in [0.15, 0.2) is 5.65 Å². The molecule has 1 unspecified atom stereocenters. The van der Waals surface area contributed by atoms with Gasteiger partial charge < -0.3 is 4.74 Å². The molecular weight excluding hydrogens is 508 g/mol. The molecule has 1 atom stereocenters. The first kappa shape index (κ1) is 24.8. The Bertz CT molecular complexity index is 1900. The van der Waals surface area contributed by atoms with Crippen LogP contribution in [0.2, 0.25) is 0 Å². The minimum atomic E-state index is -0.383. The second-order valence-corrected chi connectivity index (χ2v) is 10.3. The van der Waals surface area contributed by atoms with Gasteiger partial charge in [0, 0.05) is 22.2 Å². The number of pyridine rings is 1. The molecule has 41 heavy (non-hydrogen) atoms. The van der Waals surface area contributed by atoms with Crippen LogP contribution in [0.1, 0.15) is 38.8 Å². The zero-order valence-electron chi connectivity index (χ0n) is 23.1. The summed E-state index contributed by atoms with van der Waals surface area (Å²) in [4.78, 5) is 21.7. The molecule has 0 N–H and O–H groups in total. The van der Waals surface area contributed by atoms with Gasteiger partial charge in [0.05, 0.1) is 35.8 Å². The van der Waals surface area contributed by atoms with E-state index in [0.717, 1.165) is 56.1 Å². The molecule has 1 aliphatic rings. The lowest BCUT2D eigenvalue weighted by atomic mass is 9.92. The van der Waals surface area contributed by atoms with E-state index in [-0.39, 0.29) is 11.9 Å². The number of nitrogens with zero attached hydrogens (tertiary/aromatic N) is 4. The van der Waals surface area contributed by atoms with Crippen molar-refractivity contribution in [3.8, 4) is 22.7 Å². The van der Waals surface area contributed by atoms with Gasteiger partial charge in [0.25, 0.3) is 5.91 Å². The molecular formula is C35H28N4O2. The standard InChI is InChI=1S/C35H28N4O2/c1-22-14-18-26(19-15-22)38-33(25-16-20-28(41-3)21-17-25)30-29-23(2)37-39(27-12-8-5-9-13-27)34(29)36-32(31(30)35(38)40)24-10-6-4-7-11-24/h4-21,33H,1-3H3.